The molecule has 0 aliphatic heterocycles. The number of nitrogens with zero attached hydrogens (tertiary/aromatic N) is 5. The molecule has 0 bridgehead atoms. The van der Waals surface area contributed by atoms with Crippen molar-refractivity contribution in [2.45, 2.75) is 20.0 Å². The summed E-state index contributed by atoms with van der Waals surface area (Å²) in [5.74, 6) is 1.45. The van der Waals surface area contributed by atoms with E-state index in [2.05, 4.69) is 21.0 Å². The van der Waals surface area contributed by atoms with Crippen molar-refractivity contribution < 1.29 is 4.74 Å². The van der Waals surface area contributed by atoms with Crippen molar-refractivity contribution in [3.63, 3.8) is 0 Å². The van der Waals surface area contributed by atoms with Gasteiger partial charge >= 0.3 is 0 Å². The first-order valence-corrected chi connectivity index (χ1v) is 7.47. The van der Waals surface area contributed by atoms with Crippen molar-refractivity contribution in [1.29, 1.82) is 5.26 Å². The van der Waals surface area contributed by atoms with Gasteiger partial charge in [-0.25, -0.2) is 0 Å². The quantitative estimate of drug-likeness (QED) is 0.842. The lowest BCUT2D eigenvalue weighted by Crippen LogP contribution is -2.15. The maximum absolute atomic E-state index is 9.47. The van der Waals surface area contributed by atoms with Gasteiger partial charge < -0.3 is 15.4 Å². The molecule has 7 nitrogen and oxygen atoms in total. The van der Waals surface area contributed by atoms with E-state index in [0.717, 1.165) is 11.3 Å². The van der Waals surface area contributed by atoms with Crippen LogP contribution in [0.2, 0.25) is 0 Å². The highest BCUT2D eigenvalue weighted by Crippen LogP contribution is 2.20. The van der Waals surface area contributed by atoms with E-state index in [1.807, 2.05) is 38.1 Å². The molecule has 0 aliphatic rings. The number of ether oxygens (including phenoxy) is 1. The zero-order valence-corrected chi connectivity index (χ0v) is 14.2. The first-order chi connectivity index (χ1) is 11.4. The Morgan fingerprint density at radius 1 is 1.29 bits per heavy atom. The van der Waals surface area contributed by atoms with Gasteiger partial charge in [-0.1, -0.05) is 12.1 Å². The van der Waals surface area contributed by atoms with E-state index in [0.29, 0.717) is 11.5 Å². The molecule has 2 rings (SSSR count). The summed E-state index contributed by atoms with van der Waals surface area (Å²) in [6.07, 6.45) is 1.77. The van der Waals surface area contributed by atoms with Gasteiger partial charge in [0.1, 0.15) is 11.8 Å². The van der Waals surface area contributed by atoms with Crippen molar-refractivity contribution in [3.8, 4) is 11.8 Å². The Labute approximate surface area is 141 Å². The second-order valence-corrected chi connectivity index (χ2v) is 5.62. The average molecular weight is 324 g/mol. The second kappa shape index (κ2) is 7.42. The van der Waals surface area contributed by atoms with Gasteiger partial charge in [0.2, 0.25) is 11.9 Å². The number of benzene rings is 1. The van der Waals surface area contributed by atoms with E-state index < -0.39 is 0 Å². The van der Waals surface area contributed by atoms with Crippen LogP contribution in [-0.4, -0.2) is 35.2 Å². The fourth-order valence-electron chi connectivity index (χ4n) is 1.96. The number of hydrogen-bond acceptors (Lipinski definition) is 7. The Hall–Kier alpha value is -3.14. The molecule has 1 heterocycles. The van der Waals surface area contributed by atoms with Crippen LogP contribution in [0.3, 0.4) is 0 Å². The largest absolute Gasteiger partial charge is 0.491 e. The van der Waals surface area contributed by atoms with E-state index in [4.69, 9.17) is 10.5 Å². The van der Waals surface area contributed by atoms with Crippen LogP contribution in [-0.2, 0) is 0 Å². The lowest BCUT2D eigenvalue weighted by Gasteiger charge is -2.11. The van der Waals surface area contributed by atoms with Crippen LogP contribution in [0.5, 0.6) is 5.75 Å². The van der Waals surface area contributed by atoms with Crippen LogP contribution >= 0.6 is 0 Å². The van der Waals surface area contributed by atoms with Crippen molar-refractivity contribution in [3.05, 3.63) is 35.7 Å². The Balaban J connectivity index is 2.42. The molecule has 7 heteroatoms. The summed E-state index contributed by atoms with van der Waals surface area (Å²) < 4.78 is 5.67. The molecule has 0 fully saturated rings. The molecule has 0 radical (unpaired) electrons. The molecule has 0 aliphatic carbocycles. The Morgan fingerprint density at radius 3 is 2.67 bits per heavy atom. The van der Waals surface area contributed by atoms with Crippen molar-refractivity contribution >= 4 is 23.5 Å². The summed E-state index contributed by atoms with van der Waals surface area (Å²) in [5, 5.41) is 9.47. The molecule has 1 aromatic heterocycles. The number of rotatable bonds is 5. The van der Waals surface area contributed by atoms with Crippen LogP contribution in [0.25, 0.3) is 11.6 Å². The summed E-state index contributed by atoms with van der Waals surface area (Å²) in [6.45, 7) is 3.92. The maximum Gasteiger partial charge on any atom is 0.230 e. The standard InChI is InChI=1S/C17H20N6O/c1-11(2)24-14-7-5-6-12(9-14)8-13(10-18)15-20-16(19)22-17(21-15)23(3)4/h5-9,11H,1-4H3,(H2,19,20,21,22)/b13-8+. The first-order valence-electron chi connectivity index (χ1n) is 7.47. The van der Waals surface area contributed by atoms with Crippen LogP contribution in [0.4, 0.5) is 11.9 Å². The minimum Gasteiger partial charge on any atom is -0.491 e. The Kier molecular flexibility index (Phi) is 5.32. The zero-order valence-electron chi connectivity index (χ0n) is 14.2. The number of anilines is 2. The van der Waals surface area contributed by atoms with Gasteiger partial charge in [0.05, 0.1) is 11.7 Å². The number of hydrogen-bond donors (Lipinski definition) is 1. The smallest absolute Gasteiger partial charge is 0.230 e. The van der Waals surface area contributed by atoms with Gasteiger partial charge in [-0.15, -0.1) is 0 Å². The lowest BCUT2D eigenvalue weighted by molar-refractivity contribution is 0.242. The topological polar surface area (TPSA) is 101 Å². The second-order valence-electron chi connectivity index (χ2n) is 5.62. The van der Waals surface area contributed by atoms with Gasteiger partial charge in [-0.2, -0.15) is 20.2 Å². The molecule has 1 aromatic carbocycles. The molecule has 0 spiro atoms. The van der Waals surface area contributed by atoms with Gasteiger partial charge in [-0.05, 0) is 37.6 Å². The SMILES string of the molecule is CC(C)Oc1cccc(/C=C(\C#N)c2nc(N)nc(N(C)C)n2)c1. The summed E-state index contributed by atoms with van der Waals surface area (Å²) >= 11 is 0. The van der Waals surface area contributed by atoms with E-state index >= 15 is 0 Å². The molecule has 2 N–H and O–H groups in total. The third-order valence-electron chi connectivity index (χ3n) is 2.94. The monoisotopic (exact) mass is 324 g/mol. The molecule has 2 aromatic rings. The number of allylic oxidation sites excluding steroid dienone is 1. The van der Waals surface area contributed by atoms with Crippen molar-refractivity contribution in [2.24, 2.45) is 0 Å². The third-order valence-corrected chi connectivity index (χ3v) is 2.94. The van der Waals surface area contributed by atoms with E-state index in [9.17, 15) is 5.26 Å². The lowest BCUT2D eigenvalue weighted by atomic mass is 10.1. The van der Waals surface area contributed by atoms with E-state index in [-0.39, 0.29) is 17.9 Å². The van der Waals surface area contributed by atoms with Gasteiger partial charge in [0.25, 0.3) is 0 Å². The van der Waals surface area contributed by atoms with Crippen molar-refractivity contribution in [2.75, 3.05) is 24.7 Å². The molecule has 0 amide bonds. The summed E-state index contributed by atoms with van der Waals surface area (Å²) in [7, 11) is 3.59. The number of nitrogen functional groups attached to an aromatic ring is 1. The number of nitrogens with two attached hydrogens (primary N) is 1. The fourth-order valence-corrected chi connectivity index (χ4v) is 1.96. The summed E-state index contributed by atoms with van der Waals surface area (Å²) in [4.78, 5) is 14.1. The highest BCUT2D eigenvalue weighted by atomic mass is 16.5. The molecular formula is C17H20N6O. The normalized spacial score (nSPS) is 11.2. The minimum atomic E-state index is 0.0711. The highest BCUT2D eigenvalue weighted by molar-refractivity contribution is 5.87. The highest BCUT2D eigenvalue weighted by Gasteiger charge is 2.11. The molecule has 24 heavy (non-hydrogen) atoms. The van der Waals surface area contributed by atoms with Crippen LogP contribution in [0, 0.1) is 11.3 Å². The predicted octanol–water partition coefficient (Wildman–Crippen LogP) is 2.37. The number of aromatic nitrogens is 3. The zero-order chi connectivity index (χ0) is 17.7. The van der Waals surface area contributed by atoms with Gasteiger partial charge in [-0.3, -0.25) is 0 Å². The van der Waals surface area contributed by atoms with Crippen molar-refractivity contribution in [1.82, 2.24) is 15.0 Å². The maximum atomic E-state index is 9.47. The Bertz CT molecular complexity index is 792. The van der Waals surface area contributed by atoms with Gasteiger partial charge in [0, 0.05) is 14.1 Å². The summed E-state index contributed by atoms with van der Waals surface area (Å²) in [6, 6.07) is 9.58. The molecule has 0 saturated carbocycles. The fraction of sp³-hybridized carbons (Fsp3) is 0.294. The number of nitriles is 1. The molecule has 124 valence electrons. The average Bonchev–Trinajstić information content (AvgIpc) is 2.51. The first kappa shape index (κ1) is 17.2. The van der Waals surface area contributed by atoms with E-state index in [1.54, 1.807) is 25.1 Å². The van der Waals surface area contributed by atoms with Crippen LogP contribution in [0.1, 0.15) is 25.2 Å². The third kappa shape index (κ3) is 4.43. The summed E-state index contributed by atoms with van der Waals surface area (Å²) in [5.41, 5.74) is 6.83. The molecule has 0 atom stereocenters. The van der Waals surface area contributed by atoms with Crippen LogP contribution in [0.15, 0.2) is 24.3 Å². The molecule has 0 unspecified atom stereocenters. The molecule has 0 saturated heterocycles. The van der Waals surface area contributed by atoms with E-state index in [1.165, 1.54) is 0 Å². The Morgan fingerprint density at radius 2 is 2.04 bits per heavy atom. The predicted molar refractivity (Wildman–Crippen MR) is 94.3 cm³/mol. The molecular weight excluding hydrogens is 304 g/mol. The minimum absolute atomic E-state index is 0.0711. The van der Waals surface area contributed by atoms with Crippen LogP contribution < -0.4 is 15.4 Å². The van der Waals surface area contributed by atoms with Gasteiger partial charge in [0.15, 0.2) is 5.82 Å².